The van der Waals surface area contributed by atoms with Crippen LogP contribution in [0.2, 0.25) is 0 Å². The van der Waals surface area contributed by atoms with E-state index in [1.165, 1.54) is 0 Å². The second kappa shape index (κ2) is 16.9. The summed E-state index contributed by atoms with van der Waals surface area (Å²) in [5.41, 5.74) is 0. The molecule has 2 unspecified atom stereocenters. The molecule has 6 atom stereocenters. The van der Waals surface area contributed by atoms with E-state index in [9.17, 15) is 19.2 Å². The highest BCUT2D eigenvalue weighted by Crippen LogP contribution is 2.31. The number of esters is 4. The first kappa shape index (κ1) is 31.3. The molecule has 0 amide bonds. The van der Waals surface area contributed by atoms with Gasteiger partial charge >= 0.3 is 23.9 Å². The van der Waals surface area contributed by atoms with Crippen molar-refractivity contribution in [2.75, 3.05) is 11.9 Å². The monoisotopic (exact) mass is 566 g/mol. The van der Waals surface area contributed by atoms with Crippen molar-refractivity contribution in [3.8, 4) is 0 Å². The normalized spacial score (nSPS) is 24.8. The summed E-state index contributed by atoms with van der Waals surface area (Å²) in [6.07, 6.45) is -4.21. The van der Waals surface area contributed by atoms with Crippen molar-refractivity contribution in [2.24, 2.45) is 5.92 Å². The highest BCUT2D eigenvalue weighted by Gasteiger charge is 2.54. The van der Waals surface area contributed by atoms with Crippen LogP contribution in [-0.2, 0) is 47.6 Å². The molecule has 0 radical (unpaired) electrons. The first-order chi connectivity index (χ1) is 16.7. The number of carbonyl (C=O) groups excluding carboxylic acids is 4. The van der Waals surface area contributed by atoms with E-state index in [1.54, 1.807) is 20.8 Å². The largest absolute Gasteiger partial charge is 0.454 e. The van der Waals surface area contributed by atoms with E-state index in [-0.39, 0.29) is 25.9 Å². The van der Waals surface area contributed by atoms with Gasteiger partial charge in [-0.3, -0.25) is 19.2 Å². The van der Waals surface area contributed by atoms with Crippen molar-refractivity contribution < 1.29 is 47.6 Å². The van der Waals surface area contributed by atoms with E-state index >= 15 is 0 Å². The maximum atomic E-state index is 12.6. The molecule has 0 aromatic rings. The molecule has 0 aliphatic carbocycles. The van der Waals surface area contributed by atoms with Crippen molar-refractivity contribution in [3.05, 3.63) is 0 Å². The van der Waals surface area contributed by atoms with E-state index in [4.69, 9.17) is 28.4 Å². The minimum absolute atomic E-state index is 0.0853. The molecular formula is C24H39BrO10. The number of carbonyl (C=O) groups is 4. The standard InChI is InChI=1S/C24H39BrO10/c1-6-10-16(26)31-19-20(32-17(27)11-7-2)23(30-14-13-25)35-24(34-22(29)15(5)9-4)21(19)33-18(28)12-8-3/h15,19-21,23-24H,6-14H2,1-5H3/t15?,19-,20+,21+,23?,24-/m0/s1. The zero-order chi connectivity index (χ0) is 26.4. The number of rotatable bonds is 15. The van der Waals surface area contributed by atoms with Crippen molar-refractivity contribution in [1.82, 2.24) is 0 Å². The van der Waals surface area contributed by atoms with Crippen LogP contribution in [0, 0.1) is 5.92 Å². The molecule has 0 bridgehead atoms. The Balaban J connectivity index is 3.44. The lowest BCUT2D eigenvalue weighted by Crippen LogP contribution is -2.63. The Morgan fingerprint density at radius 3 is 1.63 bits per heavy atom. The molecule has 1 heterocycles. The predicted molar refractivity (Wildman–Crippen MR) is 128 cm³/mol. The minimum Gasteiger partial charge on any atom is -0.454 e. The molecule has 0 spiro atoms. The average Bonchev–Trinajstić information content (AvgIpc) is 2.81. The van der Waals surface area contributed by atoms with Gasteiger partial charge in [-0.05, 0) is 25.7 Å². The predicted octanol–water partition coefficient (Wildman–Crippen LogP) is 3.81. The van der Waals surface area contributed by atoms with E-state index in [0.29, 0.717) is 31.0 Å². The van der Waals surface area contributed by atoms with Crippen molar-refractivity contribution in [3.63, 3.8) is 0 Å². The van der Waals surface area contributed by atoms with Crippen LogP contribution in [0.15, 0.2) is 0 Å². The molecule has 1 fully saturated rings. The number of ether oxygens (including phenoxy) is 6. The van der Waals surface area contributed by atoms with Gasteiger partial charge in [0.25, 0.3) is 0 Å². The van der Waals surface area contributed by atoms with Crippen LogP contribution in [0.4, 0.5) is 0 Å². The van der Waals surface area contributed by atoms with Crippen LogP contribution in [-0.4, -0.2) is 66.7 Å². The Labute approximate surface area is 215 Å². The number of alkyl halides is 1. The smallest absolute Gasteiger partial charge is 0.311 e. The summed E-state index contributed by atoms with van der Waals surface area (Å²) in [6.45, 7) is 9.10. The highest BCUT2D eigenvalue weighted by molar-refractivity contribution is 9.09. The van der Waals surface area contributed by atoms with Crippen molar-refractivity contribution in [2.45, 2.75) is 110 Å². The molecule has 0 aromatic carbocycles. The molecule has 0 N–H and O–H groups in total. The lowest BCUT2D eigenvalue weighted by Gasteiger charge is -2.43. The van der Waals surface area contributed by atoms with Crippen LogP contribution in [0.25, 0.3) is 0 Å². The Hall–Kier alpha value is -1.72. The van der Waals surface area contributed by atoms with Crippen LogP contribution in [0.1, 0.15) is 79.6 Å². The second-order valence-corrected chi connectivity index (χ2v) is 9.09. The van der Waals surface area contributed by atoms with Gasteiger partial charge in [0, 0.05) is 24.6 Å². The van der Waals surface area contributed by atoms with E-state index in [1.807, 2.05) is 13.8 Å². The minimum atomic E-state index is -1.43. The average molecular weight is 567 g/mol. The fourth-order valence-electron chi connectivity index (χ4n) is 3.19. The molecule has 202 valence electrons. The molecule has 11 heteroatoms. The fourth-order valence-corrected chi connectivity index (χ4v) is 3.38. The number of hydrogen-bond donors (Lipinski definition) is 0. The summed E-state index contributed by atoms with van der Waals surface area (Å²) < 4.78 is 34.0. The van der Waals surface area contributed by atoms with Gasteiger partial charge in [-0.1, -0.05) is 50.5 Å². The zero-order valence-electron chi connectivity index (χ0n) is 21.3. The Morgan fingerprint density at radius 2 is 1.20 bits per heavy atom. The summed E-state index contributed by atoms with van der Waals surface area (Å²) in [4.78, 5) is 50.0. The van der Waals surface area contributed by atoms with Crippen LogP contribution in [0.5, 0.6) is 0 Å². The van der Waals surface area contributed by atoms with Crippen molar-refractivity contribution >= 4 is 39.8 Å². The van der Waals surface area contributed by atoms with Gasteiger partial charge in [-0.15, -0.1) is 0 Å². The quantitative estimate of drug-likeness (QED) is 0.164. The van der Waals surface area contributed by atoms with Crippen LogP contribution >= 0.6 is 15.9 Å². The van der Waals surface area contributed by atoms with Gasteiger partial charge < -0.3 is 28.4 Å². The van der Waals surface area contributed by atoms with Crippen LogP contribution in [0.3, 0.4) is 0 Å². The maximum absolute atomic E-state index is 12.6. The summed E-state index contributed by atoms with van der Waals surface area (Å²) in [5.74, 6) is -2.76. The first-order valence-electron chi connectivity index (χ1n) is 12.3. The van der Waals surface area contributed by atoms with Gasteiger partial charge in [0.2, 0.25) is 18.7 Å². The van der Waals surface area contributed by atoms with Gasteiger partial charge in [-0.25, -0.2) is 0 Å². The van der Waals surface area contributed by atoms with E-state index < -0.39 is 60.7 Å². The van der Waals surface area contributed by atoms with Gasteiger partial charge in [-0.2, -0.15) is 0 Å². The Bertz CT molecular complexity index is 685. The molecule has 1 saturated heterocycles. The topological polar surface area (TPSA) is 124 Å². The first-order valence-corrected chi connectivity index (χ1v) is 13.5. The molecule has 0 aromatic heterocycles. The molecule has 1 aliphatic rings. The summed E-state index contributed by atoms with van der Waals surface area (Å²) in [7, 11) is 0. The summed E-state index contributed by atoms with van der Waals surface area (Å²) in [5, 5.41) is 0.439. The molecule has 0 saturated carbocycles. The zero-order valence-corrected chi connectivity index (χ0v) is 22.9. The SMILES string of the molecule is CCCC(=O)O[C@@H]1[C@@H](OC(=O)CCC)[C@@H](OC(=O)C(C)CC)OC(OCCBr)[C@@H]1OC(=O)CCC. The Morgan fingerprint density at radius 1 is 0.743 bits per heavy atom. The third kappa shape index (κ3) is 10.4. The fraction of sp³-hybridized carbons (Fsp3) is 0.833. The summed E-state index contributed by atoms with van der Waals surface area (Å²) >= 11 is 3.27. The molecule has 35 heavy (non-hydrogen) atoms. The van der Waals surface area contributed by atoms with Gasteiger partial charge in [0.15, 0.2) is 12.2 Å². The highest BCUT2D eigenvalue weighted by atomic mass is 79.9. The summed E-state index contributed by atoms with van der Waals surface area (Å²) in [6, 6.07) is 0. The third-order valence-electron chi connectivity index (χ3n) is 5.22. The van der Waals surface area contributed by atoms with E-state index in [2.05, 4.69) is 15.9 Å². The molecular weight excluding hydrogens is 528 g/mol. The van der Waals surface area contributed by atoms with Crippen LogP contribution < -0.4 is 0 Å². The maximum Gasteiger partial charge on any atom is 0.311 e. The number of halogens is 1. The number of hydrogen-bond acceptors (Lipinski definition) is 10. The lowest BCUT2D eigenvalue weighted by molar-refractivity contribution is -0.345. The lowest BCUT2D eigenvalue weighted by atomic mass is 10.0. The van der Waals surface area contributed by atoms with Gasteiger partial charge in [0.1, 0.15) is 0 Å². The molecule has 10 nitrogen and oxygen atoms in total. The molecule has 1 rings (SSSR count). The van der Waals surface area contributed by atoms with Gasteiger partial charge in [0.05, 0.1) is 12.5 Å². The third-order valence-corrected chi connectivity index (χ3v) is 5.55. The van der Waals surface area contributed by atoms with E-state index in [0.717, 1.165) is 0 Å². The molecule has 1 aliphatic heterocycles. The second-order valence-electron chi connectivity index (χ2n) is 8.29. The van der Waals surface area contributed by atoms with Crippen molar-refractivity contribution in [1.29, 1.82) is 0 Å². The Kier molecular flexibility index (Phi) is 15.1.